The molecule has 2 unspecified atom stereocenters. The van der Waals surface area contributed by atoms with Gasteiger partial charge in [-0.2, -0.15) is 0 Å². The highest BCUT2D eigenvalue weighted by atomic mass is 79.9. The van der Waals surface area contributed by atoms with Gasteiger partial charge in [0.2, 0.25) is 0 Å². The van der Waals surface area contributed by atoms with Gasteiger partial charge in [-0.05, 0) is 42.5 Å². The molecular weight excluding hydrogens is 332 g/mol. The van der Waals surface area contributed by atoms with Crippen LogP contribution in [0.1, 0.15) is 30.9 Å². The van der Waals surface area contributed by atoms with Gasteiger partial charge >= 0.3 is 0 Å². The molecule has 3 nitrogen and oxygen atoms in total. The molecule has 21 heavy (non-hydrogen) atoms. The smallest absolute Gasteiger partial charge is 0.173 e. The fourth-order valence-electron chi connectivity index (χ4n) is 4.18. The van der Waals surface area contributed by atoms with Crippen LogP contribution in [0.3, 0.4) is 0 Å². The summed E-state index contributed by atoms with van der Waals surface area (Å²) in [5.74, 6) is 0.0416. The molecular formula is C17H17BrO3. The van der Waals surface area contributed by atoms with Crippen LogP contribution in [0.4, 0.5) is 0 Å². The molecule has 0 saturated carbocycles. The molecule has 3 aliphatic rings. The van der Waals surface area contributed by atoms with Crippen LogP contribution in [-0.4, -0.2) is 23.1 Å². The number of Topliss-reactive ketones (excluding diaryl/α,β-unsaturated/α-hetero) is 1. The minimum atomic E-state index is -0.164. The Balaban J connectivity index is 1.85. The van der Waals surface area contributed by atoms with Crippen molar-refractivity contribution in [2.75, 3.05) is 0 Å². The maximum Gasteiger partial charge on any atom is 0.173 e. The number of rotatable bonds is 2. The van der Waals surface area contributed by atoms with E-state index in [0.29, 0.717) is 5.57 Å². The highest BCUT2D eigenvalue weighted by Gasteiger charge is 2.59. The lowest BCUT2D eigenvalue weighted by molar-refractivity contribution is -0.118. The van der Waals surface area contributed by atoms with Crippen molar-refractivity contribution in [3.05, 3.63) is 39.6 Å². The molecule has 0 aromatic heterocycles. The number of aliphatic hydroxyl groups is 1. The van der Waals surface area contributed by atoms with Crippen LogP contribution in [-0.2, 0) is 16.0 Å². The molecule has 1 N–H and O–H groups in total. The second-order valence-corrected chi connectivity index (χ2v) is 7.04. The first-order valence-corrected chi connectivity index (χ1v) is 8.32. The summed E-state index contributed by atoms with van der Waals surface area (Å²) in [7, 11) is 0. The van der Waals surface area contributed by atoms with Crippen molar-refractivity contribution in [2.24, 2.45) is 11.8 Å². The third-order valence-corrected chi connectivity index (χ3v) is 5.61. The summed E-state index contributed by atoms with van der Waals surface area (Å²) in [6.07, 6.45) is 2.76. The van der Waals surface area contributed by atoms with E-state index in [0.717, 1.165) is 34.9 Å². The molecule has 2 aliphatic heterocycles. The average Bonchev–Trinajstić information content (AvgIpc) is 3.13. The van der Waals surface area contributed by atoms with Crippen LogP contribution in [0.15, 0.2) is 28.4 Å². The molecule has 1 aliphatic carbocycles. The van der Waals surface area contributed by atoms with E-state index in [1.54, 1.807) is 0 Å². The van der Waals surface area contributed by atoms with Crippen LogP contribution in [0.5, 0.6) is 0 Å². The molecule has 2 heterocycles. The summed E-state index contributed by atoms with van der Waals surface area (Å²) in [5.41, 5.74) is 2.51. The van der Waals surface area contributed by atoms with E-state index in [-0.39, 0.29) is 35.6 Å². The van der Waals surface area contributed by atoms with E-state index < -0.39 is 0 Å². The van der Waals surface area contributed by atoms with Crippen LogP contribution >= 0.6 is 15.9 Å². The van der Waals surface area contributed by atoms with Crippen molar-refractivity contribution < 1.29 is 14.6 Å². The topological polar surface area (TPSA) is 46.5 Å². The summed E-state index contributed by atoms with van der Waals surface area (Å²) in [5, 5.41) is 10.7. The summed E-state index contributed by atoms with van der Waals surface area (Å²) in [4.78, 5) is 12.9. The van der Waals surface area contributed by atoms with Crippen molar-refractivity contribution in [3.8, 4) is 0 Å². The van der Waals surface area contributed by atoms with Gasteiger partial charge in [0, 0.05) is 4.47 Å². The predicted molar refractivity (Wildman–Crippen MR) is 83.0 cm³/mol. The lowest BCUT2D eigenvalue weighted by atomic mass is 9.80. The van der Waals surface area contributed by atoms with E-state index in [1.807, 2.05) is 18.2 Å². The van der Waals surface area contributed by atoms with Crippen LogP contribution in [0.25, 0.3) is 5.57 Å². The van der Waals surface area contributed by atoms with Crippen molar-refractivity contribution in [1.29, 1.82) is 0 Å². The molecule has 110 valence electrons. The third kappa shape index (κ3) is 1.78. The van der Waals surface area contributed by atoms with Gasteiger partial charge in [0.25, 0.3) is 0 Å². The number of fused-ring (bicyclic) bond motifs is 5. The molecule has 1 aromatic carbocycles. The minimum Gasteiger partial charge on any atom is -0.511 e. The Hall–Kier alpha value is -1.13. The lowest BCUT2D eigenvalue weighted by Crippen LogP contribution is -2.29. The largest absolute Gasteiger partial charge is 0.511 e. The highest BCUT2D eigenvalue weighted by molar-refractivity contribution is 9.10. The fourth-order valence-corrected chi connectivity index (χ4v) is 4.54. The summed E-state index contributed by atoms with van der Waals surface area (Å²) in [6.45, 7) is 2.07. The third-order valence-electron chi connectivity index (χ3n) is 5.12. The molecule has 4 heteroatoms. The van der Waals surface area contributed by atoms with E-state index in [1.165, 1.54) is 0 Å². The van der Waals surface area contributed by atoms with E-state index in [2.05, 4.69) is 22.9 Å². The molecule has 2 saturated heterocycles. The molecule has 0 amide bonds. The lowest BCUT2D eigenvalue weighted by Gasteiger charge is -2.19. The van der Waals surface area contributed by atoms with E-state index >= 15 is 0 Å². The van der Waals surface area contributed by atoms with E-state index in [4.69, 9.17) is 4.74 Å². The second kappa shape index (κ2) is 4.68. The number of aryl methyl sites for hydroxylation is 1. The van der Waals surface area contributed by atoms with Crippen molar-refractivity contribution in [3.63, 3.8) is 0 Å². The summed E-state index contributed by atoms with van der Waals surface area (Å²) in [6, 6.07) is 5.95. The standard InChI is InChI=1S/C17H17BrO3/c1-2-8-3-4-9(18)7-10(8)13-16(19)14-11-5-6-12(21-11)15(14)17(13)20/h3-4,7,11-12,14-15,19H,2,5-6H2,1H3/t11?,12?,14-,15+/m1/s1. The van der Waals surface area contributed by atoms with Gasteiger partial charge in [0.05, 0.1) is 29.6 Å². The molecule has 2 fully saturated rings. The number of ether oxygens (including phenoxy) is 1. The Morgan fingerprint density at radius 2 is 2.00 bits per heavy atom. The van der Waals surface area contributed by atoms with Crippen molar-refractivity contribution in [2.45, 2.75) is 38.4 Å². The zero-order valence-corrected chi connectivity index (χ0v) is 13.4. The Kier molecular flexibility index (Phi) is 3.02. The molecule has 4 atom stereocenters. The van der Waals surface area contributed by atoms with E-state index in [9.17, 15) is 9.90 Å². The molecule has 4 rings (SSSR count). The van der Waals surface area contributed by atoms with Gasteiger partial charge in [-0.15, -0.1) is 0 Å². The van der Waals surface area contributed by atoms with Gasteiger partial charge in [0.15, 0.2) is 5.78 Å². The van der Waals surface area contributed by atoms with Crippen LogP contribution < -0.4 is 0 Å². The first-order valence-electron chi connectivity index (χ1n) is 7.53. The van der Waals surface area contributed by atoms with Crippen LogP contribution in [0.2, 0.25) is 0 Å². The first-order chi connectivity index (χ1) is 10.1. The van der Waals surface area contributed by atoms with Gasteiger partial charge in [-0.1, -0.05) is 28.9 Å². The number of hydrogen-bond donors (Lipinski definition) is 1. The number of carbonyl (C=O) groups excluding carboxylic acids is 1. The SMILES string of the molecule is CCc1ccc(Br)cc1C1=C(O)[C@@H]2C3CCC(O3)[C@@H]2C1=O. The maximum absolute atomic E-state index is 12.9. The van der Waals surface area contributed by atoms with Gasteiger partial charge < -0.3 is 9.84 Å². The molecule has 1 aromatic rings. The van der Waals surface area contributed by atoms with Gasteiger partial charge in [0.1, 0.15) is 5.76 Å². The molecule has 2 bridgehead atoms. The number of halogens is 1. The average molecular weight is 349 g/mol. The summed E-state index contributed by atoms with van der Waals surface area (Å²) < 4.78 is 6.75. The minimum absolute atomic E-state index is 0.00406. The number of carbonyl (C=O) groups is 1. The van der Waals surface area contributed by atoms with Crippen molar-refractivity contribution >= 4 is 27.3 Å². The quantitative estimate of drug-likeness (QED) is 0.887. The number of hydrogen-bond acceptors (Lipinski definition) is 3. The predicted octanol–water partition coefficient (Wildman–Crippen LogP) is 3.66. The highest BCUT2D eigenvalue weighted by Crippen LogP contribution is 2.53. The summed E-state index contributed by atoms with van der Waals surface area (Å²) >= 11 is 3.47. The number of allylic oxidation sites excluding steroid dienone is 1. The van der Waals surface area contributed by atoms with Crippen LogP contribution in [0, 0.1) is 11.8 Å². The molecule has 0 spiro atoms. The Morgan fingerprint density at radius 1 is 1.29 bits per heavy atom. The first kappa shape index (κ1) is 13.5. The van der Waals surface area contributed by atoms with Crippen molar-refractivity contribution in [1.82, 2.24) is 0 Å². The number of aliphatic hydroxyl groups excluding tert-OH is 1. The monoisotopic (exact) mass is 348 g/mol. The zero-order chi connectivity index (χ0) is 14.7. The molecule has 0 radical (unpaired) electrons. The number of ketones is 1. The normalized spacial score (nSPS) is 33.9. The zero-order valence-electron chi connectivity index (χ0n) is 11.8. The Labute approximate surface area is 132 Å². The Bertz CT molecular complexity index is 664. The second-order valence-electron chi connectivity index (χ2n) is 6.12. The Morgan fingerprint density at radius 3 is 2.67 bits per heavy atom. The number of benzene rings is 1. The van der Waals surface area contributed by atoms with Gasteiger partial charge in [-0.25, -0.2) is 0 Å². The van der Waals surface area contributed by atoms with Gasteiger partial charge in [-0.3, -0.25) is 4.79 Å². The fraction of sp³-hybridized carbons (Fsp3) is 0.471. The maximum atomic E-state index is 12.9.